The van der Waals surface area contributed by atoms with Crippen LogP contribution in [0, 0.1) is 6.92 Å². The molecule has 5 heteroatoms. The molecule has 0 radical (unpaired) electrons. The van der Waals surface area contributed by atoms with Crippen LogP contribution in [0.15, 0.2) is 18.2 Å². The van der Waals surface area contributed by atoms with E-state index in [1.54, 1.807) is 6.07 Å². The number of rotatable bonds is 4. The Morgan fingerprint density at radius 3 is 2.75 bits per heavy atom. The first-order valence-corrected chi connectivity index (χ1v) is 6.82. The van der Waals surface area contributed by atoms with Crippen LogP contribution in [0.4, 0.5) is 5.69 Å². The zero-order valence-corrected chi connectivity index (χ0v) is 12.2. The van der Waals surface area contributed by atoms with Gasteiger partial charge in [0.1, 0.15) is 0 Å². The van der Waals surface area contributed by atoms with Gasteiger partial charge in [0.25, 0.3) is 0 Å². The van der Waals surface area contributed by atoms with Crippen molar-refractivity contribution in [1.82, 2.24) is 4.90 Å². The van der Waals surface area contributed by atoms with Gasteiger partial charge in [-0.25, -0.2) is 4.79 Å². The molecule has 1 aliphatic heterocycles. The fourth-order valence-electron chi connectivity index (χ4n) is 2.85. The molecule has 2 N–H and O–H groups in total. The van der Waals surface area contributed by atoms with Crippen LogP contribution in [-0.4, -0.2) is 60.4 Å². The van der Waals surface area contributed by atoms with E-state index in [1.165, 1.54) is 0 Å². The van der Waals surface area contributed by atoms with E-state index in [4.69, 9.17) is 0 Å². The van der Waals surface area contributed by atoms with Crippen molar-refractivity contribution in [3.8, 4) is 0 Å². The number of β-amino-alcohol motifs (C(OH)–C–C–N with tert-alkyl or cyclic N) is 1. The lowest BCUT2D eigenvalue weighted by Gasteiger charge is -2.29. The lowest BCUT2D eigenvalue weighted by Crippen LogP contribution is -2.38. The standard InChI is InChI=1S/C15H22N2O3/c1-10-4-5-14(13(6-10)15(19)20)17-9-12(18)7-11(17)8-16(2)3/h4-6,11-12,18H,7-9H2,1-3H3,(H,19,20). The Hall–Kier alpha value is -1.59. The van der Waals surface area contributed by atoms with Crippen LogP contribution in [0.3, 0.4) is 0 Å². The second-order valence-corrected chi connectivity index (χ2v) is 5.78. The van der Waals surface area contributed by atoms with Crippen LogP contribution in [0.25, 0.3) is 0 Å². The van der Waals surface area contributed by atoms with Crippen molar-refractivity contribution in [2.24, 2.45) is 0 Å². The summed E-state index contributed by atoms with van der Waals surface area (Å²) in [5.74, 6) is -0.923. The molecule has 2 rings (SSSR count). The number of hydrogen-bond acceptors (Lipinski definition) is 4. The van der Waals surface area contributed by atoms with Gasteiger partial charge in [-0.05, 0) is 39.6 Å². The maximum atomic E-state index is 11.4. The Morgan fingerprint density at radius 2 is 2.15 bits per heavy atom. The summed E-state index contributed by atoms with van der Waals surface area (Å²) in [6.07, 6.45) is 0.272. The number of anilines is 1. The maximum Gasteiger partial charge on any atom is 0.337 e. The summed E-state index contributed by atoms with van der Waals surface area (Å²) >= 11 is 0. The normalized spacial score (nSPS) is 22.6. The average molecular weight is 278 g/mol. The molecular weight excluding hydrogens is 256 g/mol. The summed E-state index contributed by atoms with van der Waals surface area (Å²) < 4.78 is 0. The van der Waals surface area contributed by atoms with Gasteiger partial charge in [-0.1, -0.05) is 11.6 Å². The molecule has 0 amide bonds. The second-order valence-electron chi connectivity index (χ2n) is 5.78. The van der Waals surface area contributed by atoms with Gasteiger partial charge >= 0.3 is 5.97 Å². The van der Waals surface area contributed by atoms with Gasteiger partial charge in [-0.15, -0.1) is 0 Å². The predicted molar refractivity (Wildman–Crippen MR) is 78.5 cm³/mol. The molecule has 0 saturated carbocycles. The van der Waals surface area contributed by atoms with Crippen LogP contribution >= 0.6 is 0 Å². The molecule has 2 unspecified atom stereocenters. The molecule has 20 heavy (non-hydrogen) atoms. The Labute approximate surface area is 119 Å². The number of benzene rings is 1. The Bertz CT molecular complexity index is 502. The monoisotopic (exact) mass is 278 g/mol. The summed E-state index contributed by atoms with van der Waals surface area (Å²) in [6, 6.07) is 5.59. The number of likely N-dealkylation sites (N-methyl/N-ethyl adjacent to an activating group) is 1. The summed E-state index contributed by atoms with van der Waals surface area (Å²) in [4.78, 5) is 15.5. The van der Waals surface area contributed by atoms with Crippen molar-refractivity contribution in [3.05, 3.63) is 29.3 Å². The fourth-order valence-corrected chi connectivity index (χ4v) is 2.85. The molecule has 5 nitrogen and oxygen atoms in total. The number of carboxylic acid groups (broad SMARTS) is 1. The number of nitrogens with zero attached hydrogens (tertiary/aromatic N) is 2. The summed E-state index contributed by atoms with van der Waals surface area (Å²) in [5.41, 5.74) is 1.93. The third kappa shape index (κ3) is 3.11. The highest BCUT2D eigenvalue weighted by molar-refractivity contribution is 5.95. The third-order valence-electron chi connectivity index (χ3n) is 3.66. The number of carboxylic acids is 1. The van der Waals surface area contributed by atoms with E-state index in [1.807, 2.05) is 38.1 Å². The van der Waals surface area contributed by atoms with Crippen molar-refractivity contribution in [2.45, 2.75) is 25.5 Å². The van der Waals surface area contributed by atoms with Crippen molar-refractivity contribution >= 4 is 11.7 Å². The number of aliphatic hydroxyl groups is 1. The second kappa shape index (κ2) is 5.81. The summed E-state index contributed by atoms with van der Waals surface area (Å²) in [7, 11) is 3.96. The zero-order chi connectivity index (χ0) is 14.9. The van der Waals surface area contributed by atoms with Crippen LogP contribution in [0.2, 0.25) is 0 Å². The molecule has 1 saturated heterocycles. The first-order chi connectivity index (χ1) is 9.38. The fraction of sp³-hybridized carbons (Fsp3) is 0.533. The molecule has 0 aromatic heterocycles. The summed E-state index contributed by atoms with van der Waals surface area (Å²) in [6.45, 7) is 3.16. The van der Waals surface area contributed by atoms with Gasteiger partial charge < -0.3 is 20.0 Å². The van der Waals surface area contributed by atoms with Crippen LogP contribution < -0.4 is 4.90 Å². The number of aryl methyl sites for hydroxylation is 1. The van der Waals surface area contributed by atoms with E-state index in [-0.39, 0.29) is 6.04 Å². The van der Waals surface area contributed by atoms with Crippen molar-refractivity contribution < 1.29 is 15.0 Å². The number of hydrogen-bond donors (Lipinski definition) is 2. The SMILES string of the molecule is Cc1ccc(N2CC(O)CC2CN(C)C)c(C(=O)O)c1. The minimum atomic E-state index is -0.923. The van der Waals surface area contributed by atoms with Crippen LogP contribution in [0.1, 0.15) is 22.3 Å². The van der Waals surface area contributed by atoms with Gasteiger partial charge in [0.2, 0.25) is 0 Å². The Kier molecular flexibility index (Phi) is 4.30. The molecule has 1 aromatic rings. The van der Waals surface area contributed by atoms with E-state index < -0.39 is 12.1 Å². The van der Waals surface area contributed by atoms with Gasteiger partial charge in [0.15, 0.2) is 0 Å². The van der Waals surface area contributed by atoms with Crippen molar-refractivity contribution in [3.63, 3.8) is 0 Å². The van der Waals surface area contributed by atoms with Gasteiger partial charge in [-0.2, -0.15) is 0 Å². The van der Waals surface area contributed by atoms with Crippen LogP contribution in [-0.2, 0) is 0 Å². The molecule has 0 bridgehead atoms. The van der Waals surface area contributed by atoms with Crippen molar-refractivity contribution in [2.75, 3.05) is 32.1 Å². The average Bonchev–Trinajstić information content (AvgIpc) is 2.69. The molecule has 1 heterocycles. The highest BCUT2D eigenvalue weighted by atomic mass is 16.4. The third-order valence-corrected chi connectivity index (χ3v) is 3.66. The van der Waals surface area contributed by atoms with Gasteiger partial charge in [0.05, 0.1) is 17.4 Å². The molecule has 1 aliphatic rings. The number of aliphatic hydroxyl groups excluding tert-OH is 1. The Morgan fingerprint density at radius 1 is 1.45 bits per heavy atom. The smallest absolute Gasteiger partial charge is 0.337 e. The summed E-state index contributed by atoms with van der Waals surface area (Å²) in [5, 5.41) is 19.3. The predicted octanol–water partition coefficient (Wildman–Crippen LogP) is 1.19. The van der Waals surface area contributed by atoms with Gasteiger partial charge in [-0.3, -0.25) is 0 Å². The van der Waals surface area contributed by atoms with Crippen LogP contribution in [0.5, 0.6) is 0 Å². The topological polar surface area (TPSA) is 64.0 Å². The van der Waals surface area contributed by atoms with Gasteiger partial charge in [0, 0.05) is 19.1 Å². The molecule has 110 valence electrons. The van der Waals surface area contributed by atoms with E-state index >= 15 is 0 Å². The molecule has 1 fully saturated rings. The minimum Gasteiger partial charge on any atom is -0.478 e. The zero-order valence-electron chi connectivity index (χ0n) is 12.2. The molecule has 0 aliphatic carbocycles. The van der Waals surface area contributed by atoms with E-state index in [2.05, 4.69) is 4.90 Å². The highest BCUT2D eigenvalue weighted by Gasteiger charge is 2.33. The maximum absolute atomic E-state index is 11.4. The molecule has 1 aromatic carbocycles. The van der Waals surface area contributed by atoms with E-state index in [0.717, 1.165) is 12.1 Å². The lowest BCUT2D eigenvalue weighted by atomic mass is 10.1. The quantitative estimate of drug-likeness (QED) is 0.866. The minimum absolute atomic E-state index is 0.140. The number of aromatic carboxylic acids is 1. The first-order valence-electron chi connectivity index (χ1n) is 6.82. The highest BCUT2D eigenvalue weighted by Crippen LogP contribution is 2.30. The van der Waals surface area contributed by atoms with Crippen molar-refractivity contribution in [1.29, 1.82) is 0 Å². The Balaban J connectivity index is 2.36. The molecule has 2 atom stereocenters. The molecule has 0 spiro atoms. The van der Waals surface area contributed by atoms with E-state index in [0.29, 0.717) is 24.2 Å². The largest absolute Gasteiger partial charge is 0.478 e. The van der Waals surface area contributed by atoms with E-state index in [9.17, 15) is 15.0 Å². The number of carbonyl (C=O) groups is 1. The lowest BCUT2D eigenvalue weighted by molar-refractivity contribution is 0.0697. The first kappa shape index (κ1) is 14.8. The molecular formula is C15H22N2O3.